The SMILES string of the molecule is O=C(Nc1cc2c(cc1N1CCOCC1)C(=O)N(C1CCC(O)CC1)C2)c1cnn2cccnc12. The Bertz CT molecular complexity index is 1280. The molecule has 0 radical (unpaired) electrons. The first-order chi connectivity index (χ1) is 17.1. The van der Waals surface area contributed by atoms with Gasteiger partial charge in [0.2, 0.25) is 0 Å². The molecule has 0 unspecified atom stereocenters. The summed E-state index contributed by atoms with van der Waals surface area (Å²) in [6, 6.07) is 5.75. The Morgan fingerprint density at radius 3 is 2.74 bits per heavy atom. The number of aromatic nitrogens is 3. The molecule has 0 spiro atoms. The summed E-state index contributed by atoms with van der Waals surface area (Å²) in [6.45, 7) is 3.05. The van der Waals surface area contributed by atoms with Crippen LogP contribution in [-0.4, -0.2) is 74.9 Å². The molecule has 182 valence electrons. The van der Waals surface area contributed by atoms with Crippen LogP contribution in [0.2, 0.25) is 0 Å². The summed E-state index contributed by atoms with van der Waals surface area (Å²) in [7, 11) is 0. The van der Waals surface area contributed by atoms with Gasteiger partial charge in [-0.3, -0.25) is 9.59 Å². The molecule has 1 aliphatic carbocycles. The summed E-state index contributed by atoms with van der Waals surface area (Å²) in [6.07, 6.45) is 7.69. The number of ether oxygens (including phenoxy) is 1. The third kappa shape index (κ3) is 4.02. The molecule has 2 amide bonds. The minimum Gasteiger partial charge on any atom is -0.393 e. The summed E-state index contributed by atoms with van der Waals surface area (Å²) in [5.41, 5.74) is 3.95. The van der Waals surface area contributed by atoms with Crippen LogP contribution < -0.4 is 10.2 Å². The zero-order valence-electron chi connectivity index (χ0n) is 19.4. The van der Waals surface area contributed by atoms with Gasteiger partial charge in [-0.15, -0.1) is 0 Å². The zero-order chi connectivity index (χ0) is 23.9. The molecule has 6 rings (SSSR count). The standard InChI is InChI=1S/C25H28N6O4/c32-18-4-2-17(3-5-18)30-15-16-12-21(22(13-19(16)25(30)34)29-8-10-35-11-9-29)28-24(33)20-14-27-31-7-1-6-26-23(20)31/h1,6-7,12-14,17-18,32H,2-5,8-11,15H2,(H,28,33). The number of amides is 2. The quantitative estimate of drug-likeness (QED) is 0.593. The largest absolute Gasteiger partial charge is 0.393 e. The van der Waals surface area contributed by atoms with Gasteiger partial charge in [-0.25, -0.2) is 9.50 Å². The van der Waals surface area contributed by atoms with Crippen LogP contribution in [0.3, 0.4) is 0 Å². The first-order valence-corrected chi connectivity index (χ1v) is 12.2. The summed E-state index contributed by atoms with van der Waals surface area (Å²) in [5, 5.41) is 17.2. The van der Waals surface area contributed by atoms with E-state index in [0.717, 1.165) is 36.9 Å². The number of morpholine rings is 1. The number of benzene rings is 1. The second-order valence-corrected chi connectivity index (χ2v) is 9.42. The lowest BCUT2D eigenvalue weighted by molar-refractivity contribution is 0.0519. The zero-order valence-corrected chi connectivity index (χ0v) is 19.4. The first-order valence-electron chi connectivity index (χ1n) is 12.2. The highest BCUT2D eigenvalue weighted by atomic mass is 16.5. The van der Waals surface area contributed by atoms with Crippen molar-refractivity contribution in [1.29, 1.82) is 0 Å². The van der Waals surface area contributed by atoms with Crippen LogP contribution >= 0.6 is 0 Å². The monoisotopic (exact) mass is 476 g/mol. The molecule has 35 heavy (non-hydrogen) atoms. The molecular formula is C25H28N6O4. The second kappa shape index (κ2) is 8.94. The number of aliphatic hydroxyl groups is 1. The predicted molar refractivity (Wildman–Crippen MR) is 129 cm³/mol. The van der Waals surface area contributed by atoms with Crippen LogP contribution in [0.1, 0.15) is 52.0 Å². The molecule has 2 fully saturated rings. The Morgan fingerprint density at radius 2 is 1.94 bits per heavy atom. The number of anilines is 2. The minimum atomic E-state index is -0.296. The number of nitrogens with zero attached hydrogens (tertiary/aromatic N) is 5. The fourth-order valence-electron chi connectivity index (χ4n) is 5.38. The topological polar surface area (TPSA) is 112 Å². The van der Waals surface area contributed by atoms with E-state index in [4.69, 9.17) is 4.74 Å². The van der Waals surface area contributed by atoms with Gasteiger partial charge in [-0.05, 0) is 49.4 Å². The Morgan fingerprint density at radius 1 is 1.14 bits per heavy atom. The first kappa shape index (κ1) is 22.0. The predicted octanol–water partition coefficient (Wildman–Crippen LogP) is 2.08. The number of rotatable bonds is 4. The van der Waals surface area contributed by atoms with E-state index >= 15 is 0 Å². The van der Waals surface area contributed by atoms with Crippen molar-refractivity contribution in [3.05, 3.63) is 53.5 Å². The van der Waals surface area contributed by atoms with E-state index in [1.165, 1.54) is 6.20 Å². The smallest absolute Gasteiger partial charge is 0.261 e. The molecule has 2 aliphatic heterocycles. The third-order valence-electron chi connectivity index (χ3n) is 7.28. The van der Waals surface area contributed by atoms with Gasteiger partial charge in [0.25, 0.3) is 11.8 Å². The fraction of sp³-hybridized carbons (Fsp3) is 0.440. The summed E-state index contributed by atoms with van der Waals surface area (Å²) in [4.78, 5) is 35.1. The van der Waals surface area contributed by atoms with Gasteiger partial charge in [0, 0.05) is 43.6 Å². The highest BCUT2D eigenvalue weighted by molar-refractivity contribution is 6.10. The maximum Gasteiger partial charge on any atom is 0.261 e. The Hall–Kier alpha value is -3.50. The average molecular weight is 477 g/mol. The van der Waals surface area contributed by atoms with Crippen molar-refractivity contribution in [3.63, 3.8) is 0 Å². The van der Waals surface area contributed by atoms with Gasteiger partial charge in [0.1, 0.15) is 5.56 Å². The van der Waals surface area contributed by atoms with Crippen molar-refractivity contribution in [1.82, 2.24) is 19.5 Å². The Balaban J connectivity index is 1.33. The molecule has 1 aromatic carbocycles. The lowest BCUT2D eigenvalue weighted by atomic mass is 9.92. The van der Waals surface area contributed by atoms with Gasteiger partial charge in [-0.2, -0.15) is 5.10 Å². The van der Waals surface area contributed by atoms with E-state index in [0.29, 0.717) is 55.3 Å². The van der Waals surface area contributed by atoms with Crippen molar-refractivity contribution in [2.75, 3.05) is 36.5 Å². The maximum atomic E-state index is 13.4. The average Bonchev–Trinajstić information content (AvgIpc) is 3.46. The highest BCUT2D eigenvalue weighted by Gasteiger charge is 2.36. The fourth-order valence-corrected chi connectivity index (χ4v) is 5.38. The molecule has 3 aliphatic rings. The number of nitrogens with one attached hydrogen (secondary N) is 1. The van der Waals surface area contributed by atoms with Crippen LogP contribution in [0.4, 0.5) is 11.4 Å². The van der Waals surface area contributed by atoms with Gasteiger partial charge in [-0.1, -0.05) is 0 Å². The van der Waals surface area contributed by atoms with E-state index in [-0.39, 0.29) is 24.0 Å². The molecule has 2 aromatic heterocycles. The van der Waals surface area contributed by atoms with E-state index < -0.39 is 0 Å². The molecule has 10 heteroatoms. The second-order valence-electron chi connectivity index (χ2n) is 9.42. The minimum absolute atomic E-state index is 0.0283. The summed E-state index contributed by atoms with van der Waals surface area (Å²) < 4.78 is 7.09. The Kier molecular flexibility index (Phi) is 5.62. The van der Waals surface area contributed by atoms with E-state index in [1.807, 2.05) is 17.0 Å². The van der Waals surface area contributed by atoms with Crippen molar-refractivity contribution in [3.8, 4) is 0 Å². The van der Waals surface area contributed by atoms with E-state index in [2.05, 4.69) is 20.3 Å². The molecular weight excluding hydrogens is 448 g/mol. The van der Waals surface area contributed by atoms with Crippen LogP contribution in [0, 0.1) is 0 Å². The van der Waals surface area contributed by atoms with Crippen molar-refractivity contribution < 1.29 is 19.4 Å². The highest BCUT2D eigenvalue weighted by Crippen LogP contribution is 2.37. The summed E-state index contributed by atoms with van der Waals surface area (Å²) in [5.74, 6) is -0.267. The molecule has 0 atom stereocenters. The number of hydrogen-bond acceptors (Lipinski definition) is 7. The molecule has 2 N–H and O–H groups in total. The van der Waals surface area contributed by atoms with Crippen molar-refractivity contribution >= 4 is 28.8 Å². The van der Waals surface area contributed by atoms with Gasteiger partial charge >= 0.3 is 0 Å². The lowest BCUT2D eigenvalue weighted by Gasteiger charge is -2.32. The molecule has 3 aromatic rings. The van der Waals surface area contributed by atoms with E-state index in [1.54, 1.807) is 23.0 Å². The molecule has 0 bridgehead atoms. The normalized spacial score (nSPS) is 22.5. The Labute approximate surface area is 202 Å². The van der Waals surface area contributed by atoms with E-state index in [9.17, 15) is 14.7 Å². The molecule has 1 saturated heterocycles. The molecule has 1 saturated carbocycles. The molecule has 10 nitrogen and oxygen atoms in total. The van der Waals surface area contributed by atoms with Gasteiger partial charge in [0.15, 0.2) is 5.65 Å². The van der Waals surface area contributed by atoms with Crippen molar-refractivity contribution in [2.24, 2.45) is 0 Å². The maximum absolute atomic E-state index is 13.4. The number of hydrogen-bond donors (Lipinski definition) is 2. The lowest BCUT2D eigenvalue weighted by Crippen LogP contribution is -2.39. The van der Waals surface area contributed by atoms with Gasteiger partial charge in [0.05, 0.1) is 36.9 Å². The number of carbonyl (C=O) groups is 2. The number of aliphatic hydroxyl groups excluding tert-OH is 1. The summed E-state index contributed by atoms with van der Waals surface area (Å²) >= 11 is 0. The van der Waals surface area contributed by atoms with Gasteiger partial charge < -0.3 is 25.0 Å². The van der Waals surface area contributed by atoms with Crippen LogP contribution in [0.15, 0.2) is 36.8 Å². The number of carbonyl (C=O) groups excluding carboxylic acids is 2. The molecule has 4 heterocycles. The third-order valence-corrected chi connectivity index (χ3v) is 7.28. The van der Waals surface area contributed by atoms with Crippen molar-refractivity contribution in [2.45, 2.75) is 44.4 Å². The number of fused-ring (bicyclic) bond motifs is 2. The van der Waals surface area contributed by atoms with Crippen LogP contribution in [0.5, 0.6) is 0 Å². The van der Waals surface area contributed by atoms with Crippen LogP contribution in [-0.2, 0) is 11.3 Å². The van der Waals surface area contributed by atoms with Crippen LogP contribution in [0.25, 0.3) is 5.65 Å².